The van der Waals surface area contributed by atoms with E-state index in [0.717, 1.165) is 9.35 Å². The number of thiophene rings is 1. The van der Waals surface area contributed by atoms with Gasteiger partial charge in [-0.1, -0.05) is 17.3 Å². The number of hydrogen-bond donors (Lipinski definition) is 1. The minimum absolute atomic E-state index is 0.251. The summed E-state index contributed by atoms with van der Waals surface area (Å²) in [6, 6.07) is 8.11. The molecule has 0 aliphatic carbocycles. The molecule has 0 spiro atoms. The van der Waals surface area contributed by atoms with Crippen LogP contribution in [0.25, 0.3) is 21.8 Å². The monoisotopic (exact) mass is 338 g/mol. The number of aromatic nitrogens is 1. The number of hydrogen-bond acceptors (Lipinski definition) is 4. The maximum Gasteiger partial charge on any atom is 0.187 e. The molecule has 0 unspecified atom stereocenters. The summed E-state index contributed by atoms with van der Waals surface area (Å²) in [5.74, 6) is 0.472. The minimum Gasteiger partial charge on any atom is -0.380 e. The molecule has 0 atom stereocenters. The van der Waals surface area contributed by atoms with Crippen molar-refractivity contribution in [3.05, 3.63) is 46.0 Å². The predicted octanol–water partition coefficient (Wildman–Crippen LogP) is 4.55. The van der Waals surface area contributed by atoms with E-state index >= 15 is 0 Å². The molecule has 96 valence electrons. The van der Waals surface area contributed by atoms with Crippen molar-refractivity contribution in [1.82, 2.24) is 5.16 Å². The highest BCUT2D eigenvalue weighted by Crippen LogP contribution is 2.42. The van der Waals surface area contributed by atoms with E-state index in [2.05, 4.69) is 21.1 Å². The van der Waals surface area contributed by atoms with Crippen molar-refractivity contribution in [2.45, 2.75) is 0 Å². The Morgan fingerprint density at radius 2 is 2.16 bits per heavy atom. The molecule has 3 aromatic rings. The second kappa shape index (κ2) is 4.79. The van der Waals surface area contributed by atoms with Crippen LogP contribution in [-0.2, 0) is 0 Å². The summed E-state index contributed by atoms with van der Waals surface area (Å²) in [6.07, 6.45) is 0. The van der Waals surface area contributed by atoms with Crippen molar-refractivity contribution in [2.24, 2.45) is 0 Å². The zero-order valence-corrected chi connectivity index (χ0v) is 12.0. The van der Waals surface area contributed by atoms with E-state index in [-0.39, 0.29) is 11.6 Å². The molecule has 2 heterocycles. The van der Waals surface area contributed by atoms with E-state index in [1.807, 2.05) is 11.4 Å². The van der Waals surface area contributed by atoms with Gasteiger partial charge in [-0.15, -0.1) is 11.3 Å². The molecule has 2 aromatic heterocycles. The first-order valence-electron chi connectivity index (χ1n) is 5.41. The van der Waals surface area contributed by atoms with Gasteiger partial charge in [-0.25, -0.2) is 4.39 Å². The lowest BCUT2D eigenvalue weighted by atomic mass is 10.1. The number of nitrogens with two attached hydrogens (primary N) is 1. The first-order valence-corrected chi connectivity index (χ1v) is 7.08. The Bertz CT molecular complexity index is 738. The molecule has 0 radical (unpaired) electrons. The Morgan fingerprint density at radius 3 is 2.84 bits per heavy atom. The molecule has 0 fully saturated rings. The number of halogens is 2. The van der Waals surface area contributed by atoms with Gasteiger partial charge < -0.3 is 10.3 Å². The largest absolute Gasteiger partial charge is 0.380 e. The quantitative estimate of drug-likeness (QED) is 0.745. The standard InChI is InChI=1S/C13H8BrFN2OS/c14-9-4-5-19-12(9)11-10(13(16)17-18-11)7-2-1-3-8(15)6-7/h1-6H,(H2,16,17). The highest BCUT2D eigenvalue weighted by Gasteiger charge is 2.20. The van der Waals surface area contributed by atoms with Crippen molar-refractivity contribution < 1.29 is 8.91 Å². The predicted molar refractivity (Wildman–Crippen MR) is 77.3 cm³/mol. The van der Waals surface area contributed by atoms with E-state index in [1.54, 1.807) is 12.1 Å². The Balaban J connectivity index is 2.22. The summed E-state index contributed by atoms with van der Waals surface area (Å²) >= 11 is 4.94. The lowest BCUT2D eigenvalue weighted by Gasteiger charge is -2.02. The van der Waals surface area contributed by atoms with E-state index in [9.17, 15) is 4.39 Å². The van der Waals surface area contributed by atoms with Crippen LogP contribution in [0.1, 0.15) is 0 Å². The SMILES string of the molecule is Nc1noc(-c2sccc2Br)c1-c1cccc(F)c1. The fraction of sp³-hybridized carbons (Fsp3) is 0. The molecule has 3 rings (SSSR count). The number of benzene rings is 1. The molecule has 0 bridgehead atoms. The number of rotatable bonds is 2. The molecule has 2 N–H and O–H groups in total. The molecule has 1 aromatic carbocycles. The molecule has 0 saturated carbocycles. The van der Waals surface area contributed by atoms with Crippen LogP contribution in [0.5, 0.6) is 0 Å². The summed E-state index contributed by atoms with van der Waals surface area (Å²) in [7, 11) is 0. The lowest BCUT2D eigenvalue weighted by molar-refractivity contribution is 0.437. The Hall–Kier alpha value is -1.66. The second-order valence-electron chi connectivity index (χ2n) is 3.88. The van der Waals surface area contributed by atoms with E-state index in [0.29, 0.717) is 16.9 Å². The molecule has 0 amide bonds. The van der Waals surface area contributed by atoms with Gasteiger partial charge in [0.1, 0.15) is 5.82 Å². The van der Waals surface area contributed by atoms with Crippen LogP contribution in [0.3, 0.4) is 0 Å². The van der Waals surface area contributed by atoms with Gasteiger partial charge in [-0.3, -0.25) is 0 Å². The highest BCUT2D eigenvalue weighted by molar-refractivity contribution is 9.10. The van der Waals surface area contributed by atoms with Crippen molar-refractivity contribution in [1.29, 1.82) is 0 Å². The van der Waals surface area contributed by atoms with Gasteiger partial charge in [0.25, 0.3) is 0 Å². The van der Waals surface area contributed by atoms with E-state index in [1.165, 1.54) is 23.5 Å². The Morgan fingerprint density at radius 1 is 1.32 bits per heavy atom. The van der Waals surface area contributed by atoms with Gasteiger partial charge in [0.15, 0.2) is 11.6 Å². The van der Waals surface area contributed by atoms with Crippen molar-refractivity contribution in [3.63, 3.8) is 0 Å². The van der Waals surface area contributed by atoms with Crippen LogP contribution >= 0.6 is 27.3 Å². The number of nitrogen functional groups attached to an aromatic ring is 1. The first-order chi connectivity index (χ1) is 9.16. The van der Waals surface area contributed by atoms with Crippen LogP contribution in [-0.4, -0.2) is 5.16 Å². The summed E-state index contributed by atoms with van der Waals surface area (Å²) < 4.78 is 19.5. The lowest BCUT2D eigenvalue weighted by Crippen LogP contribution is -1.89. The molecular formula is C13H8BrFN2OS. The first kappa shape index (κ1) is 12.4. The number of nitrogens with zero attached hydrogens (tertiary/aromatic N) is 1. The Kier molecular flexibility index (Phi) is 3.12. The van der Waals surface area contributed by atoms with Gasteiger partial charge in [0.2, 0.25) is 0 Å². The van der Waals surface area contributed by atoms with E-state index in [4.69, 9.17) is 10.3 Å². The van der Waals surface area contributed by atoms with Crippen molar-refractivity contribution >= 4 is 33.1 Å². The molecule has 19 heavy (non-hydrogen) atoms. The van der Waals surface area contributed by atoms with Gasteiger partial charge in [0.05, 0.1) is 10.4 Å². The number of anilines is 1. The fourth-order valence-electron chi connectivity index (χ4n) is 1.84. The summed E-state index contributed by atoms with van der Waals surface area (Å²) in [6.45, 7) is 0. The van der Waals surface area contributed by atoms with Crippen LogP contribution in [0.15, 0.2) is 44.7 Å². The average Bonchev–Trinajstić information content (AvgIpc) is 2.95. The molecule has 0 aliphatic rings. The molecule has 3 nitrogen and oxygen atoms in total. The van der Waals surface area contributed by atoms with Gasteiger partial charge in [-0.2, -0.15) is 0 Å². The molecule has 0 saturated heterocycles. The highest BCUT2D eigenvalue weighted by atomic mass is 79.9. The smallest absolute Gasteiger partial charge is 0.187 e. The summed E-state index contributed by atoms with van der Waals surface area (Å²) in [5.41, 5.74) is 7.10. The van der Waals surface area contributed by atoms with Crippen LogP contribution in [0.4, 0.5) is 10.2 Å². The van der Waals surface area contributed by atoms with Crippen LogP contribution < -0.4 is 5.73 Å². The molecular weight excluding hydrogens is 331 g/mol. The maximum atomic E-state index is 13.3. The summed E-state index contributed by atoms with van der Waals surface area (Å²) in [4.78, 5) is 0.878. The topological polar surface area (TPSA) is 52.0 Å². The van der Waals surface area contributed by atoms with Crippen LogP contribution in [0.2, 0.25) is 0 Å². The third kappa shape index (κ3) is 2.17. The fourth-order valence-corrected chi connectivity index (χ4v) is 3.37. The second-order valence-corrected chi connectivity index (χ2v) is 5.65. The van der Waals surface area contributed by atoms with Gasteiger partial charge in [-0.05, 0) is 45.1 Å². The average molecular weight is 339 g/mol. The van der Waals surface area contributed by atoms with E-state index < -0.39 is 0 Å². The minimum atomic E-state index is -0.325. The normalized spacial score (nSPS) is 10.8. The third-order valence-corrected chi connectivity index (χ3v) is 4.49. The third-order valence-electron chi connectivity index (χ3n) is 2.66. The Labute approximate surface area is 121 Å². The zero-order valence-electron chi connectivity index (χ0n) is 9.56. The van der Waals surface area contributed by atoms with Crippen molar-refractivity contribution in [3.8, 4) is 21.8 Å². The maximum absolute atomic E-state index is 13.3. The van der Waals surface area contributed by atoms with Gasteiger partial charge >= 0.3 is 0 Å². The molecule has 0 aliphatic heterocycles. The van der Waals surface area contributed by atoms with Crippen LogP contribution in [0, 0.1) is 5.82 Å². The van der Waals surface area contributed by atoms with Crippen molar-refractivity contribution in [2.75, 3.05) is 5.73 Å². The zero-order chi connectivity index (χ0) is 13.4. The van der Waals surface area contributed by atoms with Gasteiger partial charge in [0, 0.05) is 4.47 Å². The summed E-state index contributed by atoms with van der Waals surface area (Å²) in [5, 5.41) is 5.71. The molecule has 6 heteroatoms.